The van der Waals surface area contributed by atoms with Crippen molar-refractivity contribution in [1.82, 2.24) is 25.5 Å². The van der Waals surface area contributed by atoms with E-state index >= 15 is 0 Å². The first-order chi connectivity index (χ1) is 10.2. The fourth-order valence-electron chi connectivity index (χ4n) is 2.58. The summed E-state index contributed by atoms with van der Waals surface area (Å²) in [6.07, 6.45) is 3.68. The van der Waals surface area contributed by atoms with Gasteiger partial charge >= 0.3 is 0 Å². The first kappa shape index (κ1) is 14.9. The van der Waals surface area contributed by atoms with Gasteiger partial charge in [-0.1, -0.05) is 16.8 Å². The number of carbonyl (C=O) groups excluding carboxylic acids is 1. The quantitative estimate of drug-likeness (QED) is 0.874. The third kappa shape index (κ3) is 3.12. The predicted molar refractivity (Wildman–Crippen MR) is 83.6 cm³/mol. The highest BCUT2D eigenvalue weighted by Crippen LogP contribution is 2.34. The van der Waals surface area contributed by atoms with Crippen molar-refractivity contribution in [3.8, 4) is 0 Å². The lowest BCUT2D eigenvalue weighted by atomic mass is 9.98. The van der Waals surface area contributed by atoms with Crippen molar-refractivity contribution >= 4 is 44.8 Å². The van der Waals surface area contributed by atoms with Crippen LogP contribution in [0.4, 0.5) is 0 Å². The van der Waals surface area contributed by atoms with Crippen LogP contribution in [0.2, 0.25) is 5.02 Å². The summed E-state index contributed by atoms with van der Waals surface area (Å²) in [7, 11) is 0. The van der Waals surface area contributed by atoms with Crippen molar-refractivity contribution in [2.45, 2.75) is 31.7 Å². The predicted octanol–water partition coefficient (Wildman–Crippen LogP) is 2.91. The molecule has 21 heavy (non-hydrogen) atoms. The SMILES string of the molecule is O=C(c1csc(Br)c1Cl)N1CCCCC1Cc1nn[nH]n1. The van der Waals surface area contributed by atoms with Crippen molar-refractivity contribution in [1.29, 1.82) is 0 Å². The number of hydrogen-bond donors (Lipinski definition) is 1. The summed E-state index contributed by atoms with van der Waals surface area (Å²) >= 11 is 11.0. The number of nitrogens with zero attached hydrogens (tertiary/aromatic N) is 4. The average molecular weight is 391 g/mol. The fourth-order valence-corrected chi connectivity index (χ4v) is 4.06. The number of amides is 1. The second-order valence-electron chi connectivity index (χ2n) is 4.92. The van der Waals surface area contributed by atoms with Gasteiger partial charge in [-0.15, -0.1) is 21.5 Å². The molecule has 1 amide bonds. The highest BCUT2D eigenvalue weighted by molar-refractivity contribution is 9.11. The van der Waals surface area contributed by atoms with Crippen LogP contribution in [-0.2, 0) is 6.42 Å². The van der Waals surface area contributed by atoms with E-state index in [1.807, 2.05) is 4.90 Å². The lowest BCUT2D eigenvalue weighted by Crippen LogP contribution is -2.45. The Balaban J connectivity index is 1.80. The summed E-state index contributed by atoms with van der Waals surface area (Å²) in [5, 5.41) is 16.3. The Bertz CT molecular complexity index is 632. The molecule has 0 bridgehead atoms. The van der Waals surface area contributed by atoms with Crippen LogP contribution in [0, 0.1) is 0 Å². The number of aromatic amines is 1. The number of rotatable bonds is 3. The Morgan fingerprint density at radius 3 is 3.10 bits per heavy atom. The van der Waals surface area contributed by atoms with E-state index in [1.54, 1.807) is 5.38 Å². The monoisotopic (exact) mass is 389 g/mol. The van der Waals surface area contributed by atoms with Gasteiger partial charge in [0.1, 0.15) is 0 Å². The average Bonchev–Trinajstić information content (AvgIpc) is 3.11. The van der Waals surface area contributed by atoms with Crippen LogP contribution in [0.1, 0.15) is 35.4 Å². The maximum Gasteiger partial charge on any atom is 0.256 e. The molecule has 3 heterocycles. The number of nitrogens with one attached hydrogen (secondary N) is 1. The van der Waals surface area contributed by atoms with Crippen molar-refractivity contribution < 1.29 is 4.79 Å². The maximum absolute atomic E-state index is 12.7. The van der Waals surface area contributed by atoms with Gasteiger partial charge in [0, 0.05) is 24.4 Å². The summed E-state index contributed by atoms with van der Waals surface area (Å²) in [5.41, 5.74) is 0.563. The zero-order valence-electron chi connectivity index (χ0n) is 11.1. The number of hydrogen-bond acceptors (Lipinski definition) is 5. The van der Waals surface area contributed by atoms with Crippen molar-refractivity contribution in [3.05, 3.63) is 25.6 Å². The summed E-state index contributed by atoms with van der Waals surface area (Å²) < 4.78 is 0.791. The molecule has 1 atom stereocenters. The highest BCUT2D eigenvalue weighted by Gasteiger charge is 2.30. The molecule has 3 rings (SSSR count). The van der Waals surface area contributed by atoms with Crippen LogP contribution in [0.15, 0.2) is 9.17 Å². The van der Waals surface area contributed by atoms with Crippen molar-refractivity contribution in [2.24, 2.45) is 0 Å². The van der Waals surface area contributed by atoms with Crippen LogP contribution < -0.4 is 0 Å². The Kier molecular flexibility index (Phi) is 4.56. The van der Waals surface area contributed by atoms with Gasteiger partial charge in [0.25, 0.3) is 5.91 Å². The number of tetrazole rings is 1. The highest BCUT2D eigenvalue weighted by atomic mass is 79.9. The van der Waals surface area contributed by atoms with E-state index < -0.39 is 0 Å². The van der Waals surface area contributed by atoms with Crippen LogP contribution in [0.3, 0.4) is 0 Å². The van der Waals surface area contributed by atoms with E-state index in [0.717, 1.165) is 29.6 Å². The molecule has 1 aliphatic rings. The van der Waals surface area contributed by atoms with E-state index in [-0.39, 0.29) is 11.9 Å². The second-order valence-corrected chi connectivity index (χ2v) is 7.49. The van der Waals surface area contributed by atoms with E-state index in [9.17, 15) is 4.79 Å². The summed E-state index contributed by atoms with van der Waals surface area (Å²) in [4.78, 5) is 14.6. The molecule has 6 nitrogen and oxygen atoms in total. The molecule has 0 spiro atoms. The van der Waals surface area contributed by atoms with E-state index in [1.165, 1.54) is 11.3 Å². The normalized spacial score (nSPS) is 19.0. The zero-order chi connectivity index (χ0) is 14.8. The third-order valence-electron chi connectivity index (χ3n) is 3.62. The molecule has 9 heteroatoms. The summed E-state index contributed by atoms with van der Waals surface area (Å²) in [5.74, 6) is 0.618. The third-order valence-corrected chi connectivity index (χ3v) is 6.07. The van der Waals surface area contributed by atoms with Crippen LogP contribution in [-0.4, -0.2) is 44.0 Å². The number of aromatic nitrogens is 4. The van der Waals surface area contributed by atoms with Gasteiger partial charge in [-0.05, 0) is 35.2 Å². The number of halogens is 2. The number of H-pyrrole nitrogens is 1. The molecule has 2 aromatic heterocycles. The van der Waals surface area contributed by atoms with E-state index in [0.29, 0.717) is 22.8 Å². The molecule has 0 saturated carbocycles. The Labute approximate surface area is 139 Å². The van der Waals surface area contributed by atoms with Crippen LogP contribution in [0.5, 0.6) is 0 Å². The van der Waals surface area contributed by atoms with Gasteiger partial charge in [0.05, 0.1) is 14.4 Å². The van der Waals surface area contributed by atoms with Crippen LogP contribution >= 0.6 is 38.9 Å². The molecule has 2 aromatic rings. The minimum atomic E-state index is -0.0184. The zero-order valence-corrected chi connectivity index (χ0v) is 14.2. The minimum Gasteiger partial charge on any atom is -0.335 e. The van der Waals surface area contributed by atoms with Gasteiger partial charge in [0.2, 0.25) is 0 Å². The van der Waals surface area contributed by atoms with Gasteiger partial charge in [-0.25, -0.2) is 0 Å². The van der Waals surface area contributed by atoms with Gasteiger partial charge in [0.15, 0.2) is 5.82 Å². The Hall–Kier alpha value is -0.990. The lowest BCUT2D eigenvalue weighted by Gasteiger charge is -2.35. The Morgan fingerprint density at radius 2 is 2.43 bits per heavy atom. The first-order valence-corrected chi connectivity index (χ1v) is 8.67. The molecule has 0 aliphatic carbocycles. The maximum atomic E-state index is 12.7. The van der Waals surface area contributed by atoms with Crippen molar-refractivity contribution in [2.75, 3.05) is 6.54 Å². The first-order valence-electron chi connectivity index (χ1n) is 6.62. The van der Waals surface area contributed by atoms with E-state index in [4.69, 9.17) is 11.6 Å². The number of likely N-dealkylation sites (tertiary alicyclic amines) is 1. The molecule has 1 fully saturated rings. The molecule has 1 aliphatic heterocycles. The number of piperidine rings is 1. The summed E-state index contributed by atoms with van der Waals surface area (Å²) in [6.45, 7) is 0.741. The molecule has 1 saturated heterocycles. The van der Waals surface area contributed by atoms with E-state index in [2.05, 4.69) is 36.6 Å². The fraction of sp³-hybridized carbons (Fsp3) is 0.500. The Morgan fingerprint density at radius 1 is 1.57 bits per heavy atom. The molecular formula is C12H13BrClN5OS. The standard InChI is InChI=1S/C12H13BrClN5OS/c13-11-10(14)8(6-21-11)12(20)19-4-2-1-3-7(19)5-9-15-17-18-16-9/h6-7H,1-5H2,(H,15,16,17,18). The summed E-state index contributed by atoms with van der Waals surface area (Å²) in [6, 6.07) is 0.0959. The van der Waals surface area contributed by atoms with Gasteiger partial charge < -0.3 is 4.90 Å². The molecular weight excluding hydrogens is 378 g/mol. The molecule has 1 N–H and O–H groups in total. The molecule has 112 valence electrons. The molecule has 1 unspecified atom stereocenters. The minimum absolute atomic E-state index is 0.0184. The van der Waals surface area contributed by atoms with Gasteiger partial charge in [-0.2, -0.15) is 5.21 Å². The number of thiophene rings is 1. The lowest BCUT2D eigenvalue weighted by molar-refractivity contribution is 0.0612. The topological polar surface area (TPSA) is 74.8 Å². The molecule has 0 aromatic carbocycles. The molecule has 0 radical (unpaired) electrons. The number of carbonyl (C=O) groups is 1. The largest absolute Gasteiger partial charge is 0.335 e. The van der Waals surface area contributed by atoms with Crippen molar-refractivity contribution in [3.63, 3.8) is 0 Å². The second kappa shape index (κ2) is 6.41. The smallest absolute Gasteiger partial charge is 0.256 e. The van der Waals surface area contributed by atoms with Gasteiger partial charge in [-0.3, -0.25) is 4.79 Å². The van der Waals surface area contributed by atoms with Crippen LogP contribution in [0.25, 0.3) is 0 Å².